The lowest BCUT2D eigenvalue weighted by Crippen LogP contribution is -2.21. The third-order valence-electron chi connectivity index (χ3n) is 3.87. The number of carbonyl (C=O) groups is 1. The number of hydrogen-bond acceptors (Lipinski definition) is 4. The van der Waals surface area contributed by atoms with Crippen molar-refractivity contribution >= 4 is 23.3 Å². The average Bonchev–Trinajstić information content (AvgIpc) is 2.68. The summed E-state index contributed by atoms with van der Waals surface area (Å²) in [6, 6.07) is 18.5. The first-order valence-corrected chi connectivity index (χ1v) is 8.81. The number of halogens is 1. The van der Waals surface area contributed by atoms with Crippen LogP contribution in [0.3, 0.4) is 0 Å². The summed E-state index contributed by atoms with van der Waals surface area (Å²) in [5.74, 6) is 0.936. The van der Waals surface area contributed by atoms with Gasteiger partial charge in [0.2, 0.25) is 0 Å². The highest BCUT2D eigenvalue weighted by atomic mass is 35.5. The minimum atomic E-state index is -0.352. The second kappa shape index (κ2) is 9.05. The fourth-order valence-corrected chi connectivity index (χ4v) is 2.59. The molecule has 27 heavy (non-hydrogen) atoms. The molecule has 0 saturated heterocycles. The van der Waals surface area contributed by atoms with Crippen LogP contribution in [0.4, 0.5) is 5.82 Å². The van der Waals surface area contributed by atoms with Gasteiger partial charge in [0.25, 0.3) is 5.91 Å². The number of amides is 1. The number of pyridine rings is 1. The number of aromatic nitrogens is 1. The van der Waals surface area contributed by atoms with Crippen molar-refractivity contribution < 1.29 is 14.3 Å². The number of rotatable bonds is 7. The fraction of sp³-hybridized carbons (Fsp3) is 0.143. The molecule has 0 fully saturated rings. The zero-order valence-corrected chi connectivity index (χ0v) is 15.6. The van der Waals surface area contributed by atoms with E-state index in [1.54, 1.807) is 42.6 Å². The highest BCUT2D eigenvalue weighted by Crippen LogP contribution is 2.24. The molecular weight excluding hydrogens is 364 g/mol. The molecule has 5 nitrogen and oxygen atoms in total. The van der Waals surface area contributed by atoms with Crippen LogP contribution in [-0.4, -0.2) is 17.5 Å². The lowest BCUT2D eigenvalue weighted by atomic mass is 10.1. The molecule has 1 heterocycles. The minimum absolute atomic E-state index is 0.183. The predicted octanol–water partition coefficient (Wildman–Crippen LogP) is 4.64. The largest absolute Gasteiger partial charge is 0.485 e. The zero-order valence-electron chi connectivity index (χ0n) is 14.8. The number of aryl methyl sites for hydroxylation is 1. The number of para-hydroxylation sites is 1. The summed E-state index contributed by atoms with van der Waals surface area (Å²) in [4.78, 5) is 16.4. The van der Waals surface area contributed by atoms with Crippen LogP contribution in [-0.2, 0) is 11.4 Å². The highest BCUT2D eigenvalue weighted by Gasteiger charge is 2.11. The van der Waals surface area contributed by atoms with Gasteiger partial charge in [-0.25, -0.2) is 4.98 Å². The van der Waals surface area contributed by atoms with Crippen LogP contribution in [0, 0.1) is 6.92 Å². The van der Waals surface area contributed by atoms with Crippen LogP contribution in [0.2, 0.25) is 5.02 Å². The van der Waals surface area contributed by atoms with Gasteiger partial charge in [0.1, 0.15) is 12.4 Å². The number of anilines is 1. The summed E-state index contributed by atoms with van der Waals surface area (Å²) >= 11 is 6.02. The second-order valence-electron chi connectivity index (χ2n) is 5.83. The molecule has 1 amide bonds. The van der Waals surface area contributed by atoms with Crippen LogP contribution in [0.15, 0.2) is 66.9 Å². The Morgan fingerprint density at radius 3 is 2.56 bits per heavy atom. The van der Waals surface area contributed by atoms with E-state index in [4.69, 9.17) is 21.1 Å². The summed E-state index contributed by atoms with van der Waals surface area (Å²) in [6.07, 6.45) is 1.59. The lowest BCUT2D eigenvalue weighted by molar-refractivity contribution is -0.118. The third-order valence-corrected chi connectivity index (χ3v) is 4.18. The Balaban J connectivity index is 1.61. The minimum Gasteiger partial charge on any atom is -0.485 e. The van der Waals surface area contributed by atoms with Crippen molar-refractivity contribution in [3.63, 3.8) is 0 Å². The SMILES string of the molecule is Cc1ccccc1COc1cccnc1NC(=O)COc1ccccc1Cl. The quantitative estimate of drug-likeness (QED) is 0.646. The molecule has 0 radical (unpaired) electrons. The van der Waals surface area contributed by atoms with E-state index < -0.39 is 0 Å². The fourth-order valence-electron chi connectivity index (χ4n) is 2.40. The summed E-state index contributed by atoms with van der Waals surface area (Å²) in [7, 11) is 0. The van der Waals surface area contributed by atoms with Crippen molar-refractivity contribution in [2.45, 2.75) is 13.5 Å². The molecule has 3 aromatic rings. The molecule has 6 heteroatoms. The van der Waals surface area contributed by atoms with Gasteiger partial charge in [-0.2, -0.15) is 0 Å². The van der Waals surface area contributed by atoms with Crippen molar-refractivity contribution in [2.75, 3.05) is 11.9 Å². The number of nitrogens with zero attached hydrogens (tertiary/aromatic N) is 1. The topological polar surface area (TPSA) is 60.5 Å². The van der Waals surface area contributed by atoms with E-state index in [1.165, 1.54) is 0 Å². The van der Waals surface area contributed by atoms with E-state index in [2.05, 4.69) is 10.3 Å². The lowest BCUT2D eigenvalue weighted by Gasteiger charge is -2.13. The van der Waals surface area contributed by atoms with Crippen LogP contribution >= 0.6 is 11.6 Å². The average molecular weight is 383 g/mol. The van der Waals surface area contributed by atoms with Crippen molar-refractivity contribution in [3.05, 3.63) is 83.0 Å². The molecule has 2 aromatic carbocycles. The van der Waals surface area contributed by atoms with Gasteiger partial charge >= 0.3 is 0 Å². The summed E-state index contributed by atoms with van der Waals surface area (Å²) < 4.78 is 11.3. The molecule has 1 aromatic heterocycles. The number of nitrogens with one attached hydrogen (secondary N) is 1. The highest BCUT2D eigenvalue weighted by molar-refractivity contribution is 6.32. The number of carbonyl (C=O) groups excluding carboxylic acids is 1. The zero-order chi connectivity index (χ0) is 19.1. The molecule has 138 valence electrons. The standard InChI is InChI=1S/C21H19ClN2O3/c1-15-7-2-3-8-16(15)13-26-19-11-6-12-23-21(19)24-20(25)14-27-18-10-5-4-9-17(18)22/h2-12H,13-14H2,1H3,(H,23,24,25). The van der Waals surface area contributed by atoms with Gasteiger partial charge < -0.3 is 14.8 Å². The van der Waals surface area contributed by atoms with Crippen LogP contribution in [0.1, 0.15) is 11.1 Å². The van der Waals surface area contributed by atoms with Gasteiger partial charge in [-0.05, 0) is 42.3 Å². The van der Waals surface area contributed by atoms with Gasteiger partial charge in [-0.1, -0.05) is 48.0 Å². The Bertz CT molecular complexity index is 931. The first-order chi connectivity index (χ1) is 13.1. The van der Waals surface area contributed by atoms with Crippen molar-refractivity contribution in [2.24, 2.45) is 0 Å². The van der Waals surface area contributed by atoms with Gasteiger partial charge in [-0.15, -0.1) is 0 Å². The van der Waals surface area contributed by atoms with Crippen molar-refractivity contribution in [3.8, 4) is 11.5 Å². The Morgan fingerprint density at radius 2 is 1.74 bits per heavy atom. The third kappa shape index (κ3) is 5.21. The molecule has 0 aliphatic heterocycles. The molecule has 0 bridgehead atoms. The monoisotopic (exact) mass is 382 g/mol. The maximum absolute atomic E-state index is 12.2. The molecule has 0 aliphatic rings. The van der Waals surface area contributed by atoms with Gasteiger partial charge in [0.05, 0.1) is 5.02 Å². The summed E-state index contributed by atoms with van der Waals surface area (Å²) in [5, 5.41) is 3.16. The maximum atomic E-state index is 12.2. The number of hydrogen-bond donors (Lipinski definition) is 1. The Morgan fingerprint density at radius 1 is 1.00 bits per heavy atom. The molecular formula is C21H19ClN2O3. The Hall–Kier alpha value is -3.05. The van der Waals surface area contributed by atoms with E-state index in [1.807, 2.05) is 31.2 Å². The van der Waals surface area contributed by atoms with E-state index >= 15 is 0 Å². The van der Waals surface area contributed by atoms with Crippen molar-refractivity contribution in [1.82, 2.24) is 4.98 Å². The van der Waals surface area contributed by atoms with Gasteiger partial charge in [-0.3, -0.25) is 4.79 Å². The van der Waals surface area contributed by atoms with Crippen LogP contribution < -0.4 is 14.8 Å². The molecule has 3 rings (SSSR count). The Kier molecular flexibility index (Phi) is 6.28. The van der Waals surface area contributed by atoms with Gasteiger partial charge in [0.15, 0.2) is 18.2 Å². The Labute approximate surface area is 162 Å². The molecule has 0 unspecified atom stereocenters. The molecule has 0 aliphatic carbocycles. The van der Waals surface area contributed by atoms with E-state index in [-0.39, 0.29) is 12.5 Å². The molecule has 0 atom stereocenters. The number of benzene rings is 2. The smallest absolute Gasteiger partial charge is 0.263 e. The maximum Gasteiger partial charge on any atom is 0.263 e. The normalized spacial score (nSPS) is 10.3. The molecule has 1 N–H and O–H groups in total. The van der Waals surface area contributed by atoms with Gasteiger partial charge in [0, 0.05) is 6.20 Å². The first kappa shape index (κ1) is 18.7. The number of ether oxygens (including phenoxy) is 2. The van der Waals surface area contributed by atoms with E-state index in [0.717, 1.165) is 11.1 Å². The van der Waals surface area contributed by atoms with Crippen LogP contribution in [0.25, 0.3) is 0 Å². The predicted molar refractivity (Wildman–Crippen MR) is 105 cm³/mol. The summed E-state index contributed by atoms with van der Waals surface area (Å²) in [5.41, 5.74) is 2.21. The second-order valence-corrected chi connectivity index (χ2v) is 6.24. The van der Waals surface area contributed by atoms with E-state index in [0.29, 0.717) is 28.9 Å². The van der Waals surface area contributed by atoms with Crippen LogP contribution in [0.5, 0.6) is 11.5 Å². The van der Waals surface area contributed by atoms with E-state index in [9.17, 15) is 4.79 Å². The van der Waals surface area contributed by atoms with Crippen molar-refractivity contribution in [1.29, 1.82) is 0 Å². The first-order valence-electron chi connectivity index (χ1n) is 8.43. The molecule has 0 spiro atoms. The summed E-state index contributed by atoms with van der Waals surface area (Å²) in [6.45, 7) is 2.23. The molecule has 0 saturated carbocycles.